The Morgan fingerprint density at radius 2 is 1.68 bits per heavy atom. The Bertz CT molecular complexity index is 2410. The highest BCUT2D eigenvalue weighted by molar-refractivity contribution is 6.24. The van der Waals surface area contributed by atoms with Crippen LogP contribution >= 0.6 is 0 Å². The number of carbonyl (C=O) groups is 3. The Hall–Kier alpha value is -5.31. The molecule has 9 heteroatoms. The molecule has 4 N–H and O–H groups in total. The molecule has 9 nitrogen and oxygen atoms in total. The molecule has 6 rings (SSSR count). The van der Waals surface area contributed by atoms with Crippen molar-refractivity contribution in [2.75, 3.05) is 13.7 Å². The summed E-state index contributed by atoms with van der Waals surface area (Å²) in [5.41, 5.74) is 12.4. The highest BCUT2D eigenvalue weighted by Gasteiger charge is 2.48. The van der Waals surface area contributed by atoms with Gasteiger partial charge in [-0.1, -0.05) is 77.8 Å². The number of rotatable bonds is 16. The lowest BCUT2D eigenvalue weighted by Gasteiger charge is -2.19. The van der Waals surface area contributed by atoms with Gasteiger partial charge in [-0.3, -0.25) is 14.4 Å². The maximum absolute atomic E-state index is 14.4. The summed E-state index contributed by atoms with van der Waals surface area (Å²) in [7, 11) is 1.32. The quantitative estimate of drug-likeness (QED) is 0.0648. The minimum absolute atomic E-state index is 0.0900. The summed E-state index contributed by atoms with van der Waals surface area (Å²) < 4.78 is 11.1. The largest absolute Gasteiger partial charge is 0.468 e. The second-order valence-electron chi connectivity index (χ2n) is 17.4. The number of aromatic amines is 3. The molecule has 0 radical (unpaired) electrons. The number of carbonyl (C=O) groups excluding carboxylic acids is 3. The van der Waals surface area contributed by atoms with E-state index in [1.54, 1.807) is 0 Å². The van der Waals surface area contributed by atoms with Gasteiger partial charge in [0, 0.05) is 74.1 Å². The van der Waals surface area contributed by atoms with Crippen LogP contribution in [0.3, 0.4) is 0 Å². The number of allylic oxidation sites excluding steroid dienone is 5. The highest BCUT2D eigenvalue weighted by Crippen LogP contribution is 2.48. The van der Waals surface area contributed by atoms with Gasteiger partial charge in [0.1, 0.15) is 12.5 Å². The van der Waals surface area contributed by atoms with Crippen LogP contribution in [0.4, 0.5) is 0 Å². The molecule has 3 aliphatic rings. The van der Waals surface area contributed by atoms with Gasteiger partial charge in [-0.15, -0.1) is 0 Å². The number of nitrogens with one attached hydrogen (secondary N) is 4. The molecule has 3 aromatic rings. The van der Waals surface area contributed by atoms with Crippen LogP contribution in [0.5, 0.6) is 0 Å². The number of methoxy groups -OCH3 is 1. The molecule has 0 unspecified atom stereocenters. The van der Waals surface area contributed by atoms with Crippen molar-refractivity contribution in [1.82, 2.24) is 20.3 Å². The number of Topliss-reactive ketones (excluding diaryl/α,β-unsaturated/α-hetero) is 1. The summed E-state index contributed by atoms with van der Waals surface area (Å²) >= 11 is 0. The van der Waals surface area contributed by atoms with Crippen LogP contribution in [0.15, 0.2) is 41.8 Å². The predicted molar refractivity (Wildman–Crippen MR) is 243 cm³/mol. The lowest BCUT2D eigenvalue weighted by Crippen LogP contribution is -2.25. The van der Waals surface area contributed by atoms with Gasteiger partial charge in [0.15, 0.2) is 5.78 Å². The first kappa shape index (κ1) is 44.2. The zero-order valence-electron chi connectivity index (χ0n) is 37.5. The molecule has 5 atom stereocenters. The minimum Gasteiger partial charge on any atom is -0.468 e. The van der Waals surface area contributed by atoms with Crippen molar-refractivity contribution in [2.24, 2.45) is 29.6 Å². The number of hydrogen-bond donors (Lipinski definition) is 4. The van der Waals surface area contributed by atoms with Gasteiger partial charge in [-0.25, -0.2) is 0 Å². The average Bonchev–Trinajstić information content (AvgIpc) is 3.97. The maximum atomic E-state index is 14.4. The fourth-order valence-electron chi connectivity index (χ4n) is 9.25. The molecule has 3 aromatic heterocycles. The third-order valence-corrected chi connectivity index (χ3v) is 13.3. The molecule has 60 heavy (non-hydrogen) atoms. The summed E-state index contributed by atoms with van der Waals surface area (Å²) in [6.45, 7) is 23.7. The molecule has 1 saturated heterocycles. The normalized spacial score (nSPS) is 22.7. The summed E-state index contributed by atoms with van der Waals surface area (Å²) in [4.78, 5) is 52.2. The van der Waals surface area contributed by atoms with Gasteiger partial charge in [-0.2, -0.15) is 0 Å². The molecular formula is C51H66N4O5. The van der Waals surface area contributed by atoms with Crippen LogP contribution in [-0.2, 0) is 25.5 Å². The summed E-state index contributed by atoms with van der Waals surface area (Å²) in [5.74, 6) is -1.37. The molecule has 0 saturated carbocycles. The molecule has 8 bridgehead atoms. The Labute approximate surface area is 356 Å². The molecule has 0 spiro atoms. The standard InChI is InChI=1S/C51H66N4O5/c1-12-28(4)17-15-18-29(5)19-16-20-30(6)23-24-60-44(56)22-21-37-33(9)40-25-38-31(7)35(13-2)42(52-38)26-39-32(8)36(14-3)43(53-39)27-41-34(10)45-49(55-41)46(48(37)54-40)47(50(45)57)51(58)59-11/h13,15,17,23,25-29,33,37,47,52-55H,2,12,14,16,18-22,24H2,1,3-11H3/b17-15+,30-23-,39-26-,40-25-,43-27-,48-46-/t28-,29-,33+,37+,47-/m1/s1. The van der Waals surface area contributed by atoms with E-state index in [9.17, 15) is 14.4 Å². The second kappa shape index (κ2) is 18.9. The van der Waals surface area contributed by atoms with E-state index in [0.29, 0.717) is 35.1 Å². The fraction of sp³-hybridized carbons (Fsp3) is 0.471. The first-order valence-electron chi connectivity index (χ1n) is 22.0. The van der Waals surface area contributed by atoms with Gasteiger partial charge in [-0.05, 0) is 118 Å². The number of ketones is 1. The van der Waals surface area contributed by atoms with Crippen molar-refractivity contribution in [3.63, 3.8) is 0 Å². The van der Waals surface area contributed by atoms with Crippen molar-refractivity contribution in [3.05, 3.63) is 109 Å². The minimum atomic E-state index is -1.14. The number of fused-ring (bicyclic) bond motifs is 7. The molecule has 5 heterocycles. The Morgan fingerprint density at radius 1 is 0.950 bits per heavy atom. The van der Waals surface area contributed by atoms with E-state index in [0.717, 1.165) is 93.5 Å². The van der Waals surface area contributed by atoms with E-state index >= 15 is 0 Å². The molecule has 1 fully saturated rings. The molecule has 2 aliphatic heterocycles. The zero-order valence-corrected chi connectivity index (χ0v) is 37.5. The molecular weight excluding hydrogens is 749 g/mol. The maximum Gasteiger partial charge on any atom is 0.321 e. The van der Waals surface area contributed by atoms with E-state index < -0.39 is 11.9 Å². The van der Waals surface area contributed by atoms with Crippen LogP contribution in [-0.4, -0.2) is 46.4 Å². The topological polar surface area (TPSA) is 129 Å². The Kier molecular flexibility index (Phi) is 14.0. The van der Waals surface area contributed by atoms with Crippen molar-refractivity contribution in [3.8, 4) is 0 Å². The predicted octanol–water partition coefficient (Wildman–Crippen LogP) is 9.43. The van der Waals surface area contributed by atoms with E-state index in [1.807, 2.05) is 19.1 Å². The van der Waals surface area contributed by atoms with Crippen LogP contribution in [0.2, 0.25) is 0 Å². The van der Waals surface area contributed by atoms with Crippen LogP contribution in [0.1, 0.15) is 147 Å². The van der Waals surface area contributed by atoms with Crippen LogP contribution in [0.25, 0.3) is 29.9 Å². The smallest absolute Gasteiger partial charge is 0.321 e. The van der Waals surface area contributed by atoms with Gasteiger partial charge < -0.3 is 29.7 Å². The van der Waals surface area contributed by atoms with E-state index in [-0.39, 0.29) is 36.6 Å². The Balaban J connectivity index is 1.32. The van der Waals surface area contributed by atoms with Crippen LogP contribution < -0.4 is 16.0 Å². The molecule has 1 aliphatic carbocycles. The zero-order chi connectivity index (χ0) is 43.4. The molecule has 320 valence electrons. The monoisotopic (exact) mass is 815 g/mol. The third-order valence-electron chi connectivity index (χ3n) is 13.3. The summed E-state index contributed by atoms with van der Waals surface area (Å²) in [6, 6.07) is 0. The van der Waals surface area contributed by atoms with Crippen LogP contribution in [0, 0.1) is 50.4 Å². The van der Waals surface area contributed by atoms with E-state index in [4.69, 9.17) is 9.47 Å². The number of hydrogen-bond acceptors (Lipinski definition) is 6. The van der Waals surface area contributed by atoms with Gasteiger partial charge >= 0.3 is 11.9 Å². The van der Waals surface area contributed by atoms with Crippen molar-refractivity contribution in [2.45, 2.75) is 114 Å². The third kappa shape index (κ3) is 8.91. The van der Waals surface area contributed by atoms with Gasteiger partial charge in [0.2, 0.25) is 0 Å². The Morgan fingerprint density at radius 3 is 2.38 bits per heavy atom. The second-order valence-corrected chi connectivity index (χ2v) is 17.4. The summed E-state index contributed by atoms with van der Waals surface area (Å²) in [5, 5.41) is 5.65. The van der Waals surface area contributed by atoms with Gasteiger partial charge in [0.25, 0.3) is 0 Å². The first-order valence-corrected chi connectivity index (χ1v) is 22.0. The average molecular weight is 815 g/mol. The molecule has 0 amide bonds. The number of H-pyrrole nitrogens is 3. The lowest BCUT2D eigenvalue weighted by molar-refractivity contribution is -0.143. The van der Waals surface area contributed by atoms with E-state index in [2.05, 4.69) is 113 Å². The SMILES string of the molecule is C=Cc1c2[nH]c(c1C)/C=C1\N/C(=C3\c4[nH]c(c(C)c4C(=O)[C@@H]3C(=O)OC)/C=c3\[nH]/c(c(C)c3CC)=C\2)[C@@H](CCC(=O)OC/C=C(/C)CCC[C@H](C)C/C=C/[C@H](C)CC)[C@@H]1C. The number of aromatic nitrogens is 3. The van der Waals surface area contributed by atoms with Gasteiger partial charge in [0.05, 0.1) is 12.8 Å². The summed E-state index contributed by atoms with van der Waals surface area (Å²) in [6.07, 6.45) is 21.9. The van der Waals surface area contributed by atoms with Crippen molar-refractivity contribution in [1.29, 1.82) is 0 Å². The number of ether oxygens (including phenoxy) is 2. The fourth-order valence-corrected chi connectivity index (χ4v) is 9.25. The first-order chi connectivity index (χ1) is 28.7. The van der Waals surface area contributed by atoms with Crippen molar-refractivity contribution >= 4 is 47.6 Å². The highest BCUT2D eigenvalue weighted by atomic mass is 16.5. The molecule has 0 aromatic carbocycles. The number of esters is 2. The van der Waals surface area contributed by atoms with E-state index in [1.165, 1.54) is 24.7 Å². The van der Waals surface area contributed by atoms with Crippen molar-refractivity contribution < 1.29 is 23.9 Å². The lowest BCUT2D eigenvalue weighted by atomic mass is 9.85.